The average molecular weight is 208 g/mol. The lowest BCUT2D eigenvalue weighted by molar-refractivity contribution is -0.384. The van der Waals surface area contributed by atoms with Gasteiger partial charge in [0.05, 0.1) is 11.5 Å². The van der Waals surface area contributed by atoms with Crippen LogP contribution in [0.25, 0.3) is 0 Å². The summed E-state index contributed by atoms with van der Waals surface area (Å²) in [4.78, 5) is 10.1. The van der Waals surface area contributed by atoms with E-state index in [0.29, 0.717) is 6.61 Å². The maximum absolute atomic E-state index is 10.5. The van der Waals surface area contributed by atoms with E-state index in [1.165, 1.54) is 12.1 Å². The van der Waals surface area contributed by atoms with Gasteiger partial charge < -0.3 is 4.74 Å². The second-order valence-corrected chi connectivity index (χ2v) is 3.61. The molecule has 1 saturated heterocycles. The van der Waals surface area contributed by atoms with Gasteiger partial charge in [-0.25, -0.2) is 0 Å². The molecule has 1 N–H and O–H groups in total. The Kier molecular flexibility index (Phi) is 2.42. The van der Waals surface area contributed by atoms with Gasteiger partial charge in [0.15, 0.2) is 0 Å². The predicted molar refractivity (Wildman–Crippen MR) is 54.4 cm³/mol. The number of non-ortho nitro benzene ring substituents is 1. The van der Waals surface area contributed by atoms with Crippen molar-refractivity contribution in [3.63, 3.8) is 0 Å². The van der Waals surface area contributed by atoms with E-state index in [-0.39, 0.29) is 5.69 Å². The van der Waals surface area contributed by atoms with Crippen molar-refractivity contribution in [2.45, 2.75) is 12.6 Å². The molecule has 0 aliphatic carbocycles. The van der Waals surface area contributed by atoms with Gasteiger partial charge in [-0.1, -0.05) is 0 Å². The molecule has 2 rings (SSSR count). The van der Waals surface area contributed by atoms with E-state index in [4.69, 9.17) is 4.74 Å². The van der Waals surface area contributed by atoms with E-state index >= 15 is 0 Å². The molecule has 0 radical (unpaired) electrons. The largest absolute Gasteiger partial charge is 0.355 e. The molecule has 0 bridgehead atoms. The van der Waals surface area contributed by atoms with E-state index in [0.717, 1.165) is 12.1 Å². The van der Waals surface area contributed by atoms with Gasteiger partial charge in [0.1, 0.15) is 5.72 Å². The maximum atomic E-state index is 10.5. The van der Waals surface area contributed by atoms with Crippen LogP contribution in [0, 0.1) is 10.1 Å². The van der Waals surface area contributed by atoms with Crippen molar-refractivity contribution in [1.29, 1.82) is 0 Å². The SMILES string of the molecule is CC1(c2ccc([N+](=O)[O-])cc2)NCCO1. The summed E-state index contributed by atoms with van der Waals surface area (Å²) < 4.78 is 5.55. The minimum atomic E-state index is -0.505. The average Bonchev–Trinajstić information content (AvgIpc) is 2.67. The molecule has 0 saturated carbocycles. The first-order valence-electron chi connectivity index (χ1n) is 4.76. The van der Waals surface area contributed by atoms with Gasteiger partial charge in [0, 0.05) is 18.7 Å². The molecular weight excluding hydrogens is 196 g/mol. The number of nitro groups is 1. The number of hydrogen-bond donors (Lipinski definition) is 1. The van der Waals surface area contributed by atoms with Gasteiger partial charge >= 0.3 is 0 Å². The van der Waals surface area contributed by atoms with Crippen LogP contribution >= 0.6 is 0 Å². The van der Waals surface area contributed by atoms with E-state index < -0.39 is 10.6 Å². The fourth-order valence-corrected chi connectivity index (χ4v) is 1.68. The van der Waals surface area contributed by atoms with Crippen LogP contribution in [-0.2, 0) is 10.5 Å². The van der Waals surface area contributed by atoms with E-state index in [1.807, 2.05) is 6.92 Å². The summed E-state index contributed by atoms with van der Waals surface area (Å²) in [5.74, 6) is 0. The van der Waals surface area contributed by atoms with Gasteiger partial charge in [0.2, 0.25) is 0 Å². The molecule has 1 aromatic carbocycles. The van der Waals surface area contributed by atoms with Crippen LogP contribution in [-0.4, -0.2) is 18.1 Å². The summed E-state index contributed by atoms with van der Waals surface area (Å²) in [5, 5.41) is 13.7. The monoisotopic (exact) mass is 208 g/mol. The van der Waals surface area contributed by atoms with Crippen molar-refractivity contribution in [3.05, 3.63) is 39.9 Å². The Hall–Kier alpha value is -1.46. The van der Waals surface area contributed by atoms with Gasteiger partial charge in [-0.3, -0.25) is 15.4 Å². The third kappa shape index (κ3) is 1.84. The van der Waals surface area contributed by atoms with Crippen LogP contribution in [0.4, 0.5) is 5.69 Å². The molecule has 1 atom stereocenters. The maximum Gasteiger partial charge on any atom is 0.269 e. The zero-order valence-corrected chi connectivity index (χ0v) is 8.40. The fourth-order valence-electron chi connectivity index (χ4n) is 1.68. The topological polar surface area (TPSA) is 64.4 Å². The van der Waals surface area contributed by atoms with Crippen molar-refractivity contribution >= 4 is 5.69 Å². The van der Waals surface area contributed by atoms with Gasteiger partial charge in [-0.05, 0) is 24.6 Å². The summed E-state index contributed by atoms with van der Waals surface area (Å²) in [7, 11) is 0. The molecule has 15 heavy (non-hydrogen) atoms. The highest BCUT2D eigenvalue weighted by atomic mass is 16.6. The second kappa shape index (κ2) is 3.60. The lowest BCUT2D eigenvalue weighted by Gasteiger charge is -2.23. The first-order valence-corrected chi connectivity index (χ1v) is 4.76. The fraction of sp³-hybridized carbons (Fsp3) is 0.400. The number of nitrogens with zero attached hydrogens (tertiary/aromatic N) is 1. The Morgan fingerprint density at radius 2 is 2.13 bits per heavy atom. The smallest absolute Gasteiger partial charge is 0.269 e. The van der Waals surface area contributed by atoms with Gasteiger partial charge in [0.25, 0.3) is 5.69 Å². The summed E-state index contributed by atoms with van der Waals surface area (Å²) in [6, 6.07) is 6.42. The van der Waals surface area contributed by atoms with E-state index in [9.17, 15) is 10.1 Å². The molecule has 1 heterocycles. The summed E-state index contributed by atoms with van der Waals surface area (Å²) in [6.45, 7) is 3.38. The van der Waals surface area contributed by atoms with Gasteiger partial charge in [-0.15, -0.1) is 0 Å². The Labute approximate surface area is 87.2 Å². The Morgan fingerprint density at radius 1 is 1.47 bits per heavy atom. The highest BCUT2D eigenvalue weighted by Gasteiger charge is 2.31. The molecule has 5 heteroatoms. The molecule has 0 aromatic heterocycles. The predicted octanol–water partition coefficient (Wildman–Crippen LogP) is 1.39. The number of nitrogens with one attached hydrogen (secondary N) is 1. The molecule has 5 nitrogen and oxygen atoms in total. The second-order valence-electron chi connectivity index (χ2n) is 3.61. The summed E-state index contributed by atoms with van der Waals surface area (Å²) in [5.41, 5.74) is 0.501. The molecule has 1 unspecified atom stereocenters. The first-order chi connectivity index (χ1) is 7.12. The van der Waals surface area contributed by atoms with Gasteiger partial charge in [-0.2, -0.15) is 0 Å². The minimum absolute atomic E-state index is 0.0975. The summed E-state index contributed by atoms with van der Waals surface area (Å²) >= 11 is 0. The highest BCUT2D eigenvalue weighted by molar-refractivity contribution is 5.35. The number of nitro benzene ring substituents is 1. The first kappa shape index (κ1) is 10.1. The lowest BCUT2D eigenvalue weighted by atomic mass is 10.1. The normalized spacial score (nSPS) is 25.4. The molecule has 1 fully saturated rings. The molecule has 0 spiro atoms. The molecule has 1 aliphatic rings. The van der Waals surface area contributed by atoms with Crippen LogP contribution in [0.2, 0.25) is 0 Å². The third-order valence-electron chi connectivity index (χ3n) is 2.58. The van der Waals surface area contributed by atoms with Crippen molar-refractivity contribution in [1.82, 2.24) is 5.32 Å². The van der Waals surface area contributed by atoms with Crippen LogP contribution in [0.1, 0.15) is 12.5 Å². The highest BCUT2D eigenvalue weighted by Crippen LogP contribution is 2.26. The zero-order valence-electron chi connectivity index (χ0n) is 8.40. The Morgan fingerprint density at radius 3 is 2.60 bits per heavy atom. The van der Waals surface area contributed by atoms with Crippen molar-refractivity contribution in [2.24, 2.45) is 0 Å². The Balaban J connectivity index is 2.26. The molecule has 0 amide bonds. The van der Waals surface area contributed by atoms with Crippen molar-refractivity contribution in [2.75, 3.05) is 13.2 Å². The molecule has 1 aliphatic heterocycles. The van der Waals surface area contributed by atoms with Crippen molar-refractivity contribution < 1.29 is 9.66 Å². The molecular formula is C10H12N2O3. The van der Waals surface area contributed by atoms with Crippen LogP contribution in [0.15, 0.2) is 24.3 Å². The number of benzene rings is 1. The summed E-state index contributed by atoms with van der Waals surface area (Å²) in [6.07, 6.45) is 0. The quantitative estimate of drug-likeness (QED) is 0.589. The van der Waals surface area contributed by atoms with E-state index in [2.05, 4.69) is 5.32 Å². The van der Waals surface area contributed by atoms with Crippen LogP contribution in [0.3, 0.4) is 0 Å². The molecule has 1 aromatic rings. The minimum Gasteiger partial charge on any atom is -0.355 e. The van der Waals surface area contributed by atoms with Crippen molar-refractivity contribution in [3.8, 4) is 0 Å². The standard InChI is InChI=1S/C10H12N2O3/c1-10(11-6-7-15-10)8-2-4-9(5-3-8)12(13)14/h2-5,11H,6-7H2,1H3. The number of rotatable bonds is 2. The Bertz CT molecular complexity index is 369. The van der Waals surface area contributed by atoms with Crippen LogP contribution in [0.5, 0.6) is 0 Å². The lowest BCUT2D eigenvalue weighted by Crippen LogP contribution is -2.34. The van der Waals surface area contributed by atoms with E-state index in [1.54, 1.807) is 12.1 Å². The zero-order chi connectivity index (χ0) is 10.9. The number of ether oxygens (including phenoxy) is 1. The number of hydrogen-bond acceptors (Lipinski definition) is 4. The molecule has 80 valence electrons. The third-order valence-corrected chi connectivity index (χ3v) is 2.58. The van der Waals surface area contributed by atoms with Crippen LogP contribution < -0.4 is 5.32 Å².